The Morgan fingerprint density at radius 1 is 1.08 bits per heavy atom. The Kier molecular flexibility index (Phi) is 1.70. The van der Waals surface area contributed by atoms with Gasteiger partial charge in [0, 0.05) is 0 Å². The van der Waals surface area contributed by atoms with E-state index in [0.29, 0.717) is 0 Å². The molecule has 3 nitrogen and oxygen atoms in total. The molecule has 2 aromatic rings. The van der Waals surface area contributed by atoms with Crippen molar-refractivity contribution in [2.45, 2.75) is 0 Å². The summed E-state index contributed by atoms with van der Waals surface area (Å²) in [5.74, 6) is -0.0753. The van der Waals surface area contributed by atoms with E-state index in [0.717, 1.165) is 10.8 Å². The summed E-state index contributed by atoms with van der Waals surface area (Å²) in [6.07, 6.45) is 0. The Balaban J connectivity index is 2.81. The smallest absolute Gasteiger partial charge is 0.150 e. The van der Waals surface area contributed by atoms with Crippen molar-refractivity contribution in [2.24, 2.45) is 5.18 Å². The molecule has 2 rings (SSSR count). The van der Waals surface area contributed by atoms with E-state index >= 15 is 0 Å². The highest BCUT2D eigenvalue weighted by molar-refractivity contribution is 5.87. The number of nitrogens with zero attached hydrogens (tertiary/aromatic N) is 1. The maximum absolute atomic E-state index is 10.3. The van der Waals surface area contributed by atoms with Gasteiger partial charge in [0.05, 0.1) is 0 Å². The summed E-state index contributed by atoms with van der Waals surface area (Å²) < 4.78 is 0. The number of hydrogen-bond acceptors (Lipinski definition) is 3. The van der Waals surface area contributed by atoms with Crippen LogP contribution < -0.4 is 0 Å². The van der Waals surface area contributed by atoms with Gasteiger partial charge < -0.3 is 5.11 Å². The number of rotatable bonds is 1. The summed E-state index contributed by atoms with van der Waals surface area (Å²) in [6, 6.07) is 10.6. The van der Waals surface area contributed by atoms with E-state index in [1.807, 2.05) is 24.3 Å². The Morgan fingerprint density at radius 3 is 2.31 bits per heavy atom. The van der Waals surface area contributed by atoms with Crippen LogP contribution in [0.5, 0.6) is 5.75 Å². The minimum absolute atomic E-state index is 0.0753. The topological polar surface area (TPSA) is 49.7 Å². The van der Waals surface area contributed by atoms with Gasteiger partial charge in [-0.25, -0.2) is 0 Å². The number of hydrogen-bond donors (Lipinski definition) is 1. The first-order chi connectivity index (χ1) is 6.31. The monoisotopic (exact) mass is 173 g/mol. The van der Waals surface area contributed by atoms with E-state index in [2.05, 4.69) is 5.18 Å². The standard InChI is InChI=1S/C10H7NO2/c12-10-6-8-4-2-1-3-7(8)5-9(10)11-13/h1-6,12H. The molecule has 0 unspecified atom stereocenters. The zero-order chi connectivity index (χ0) is 9.26. The lowest BCUT2D eigenvalue weighted by Crippen LogP contribution is -1.72. The lowest BCUT2D eigenvalue weighted by molar-refractivity contribution is 0.477. The summed E-state index contributed by atoms with van der Waals surface area (Å²) >= 11 is 0. The van der Waals surface area contributed by atoms with Crippen LogP contribution in [0, 0.1) is 4.91 Å². The quantitative estimate of drug-likeness (QED) is 0.674. The molecule has 64 valence electrons. The van der Waals surface area contributed by atoms with Crippen molar-refractivity contribution in [3.05, 3.63) is 41.3 Å². The fourth-order valence-electron chi connectivity index (χ4n) is 1.29. The molecule has 0 fully saturated rings. The van der Waals surface area contributed by atoms with Crippen LogP contribution in [0.3, 0.4) is 0 Å². The van der Waals surface area contributed by atoms with Crippen molar-refractivity contribution in [3.63, 3.8) is 0 Å². The van der Waals surface area contributed by atoms with Crippen LogP contribution in [0.1, 0.15) is 0 Å². The van der Waals surface area contributed by atoms with Crippen LogP contribution >= 0.6 is 0 Å². The molecule has 0 saturated carbocycles. The van der Waals surface area contributed by atoms with Gasteiger partial charge in [0.25, 0.3) is 0 Å². The molecule has 13 heavy (non-hydrogen) atoms. The number of phenols is 1. The van der Waals surface area contributed by atoms with Crippen molar-refractivity contribution >= 4 is 16.5 Å². The zero-order valence-electron chi connectivity index (χ0n) is 6.77. The summed E-state index contributed by atoms with van der Waals surface area (Å²) in [4.78, 5) is 10.3. The molecule has 0 heterocycles. The first-order valence-electron chi connectivity index (χ1n) is 3.86. The van der Waals surface area contributed by atoms with Crippen LogP contribution in [-0.4, -0.2) is 5.11 Å². The molecule has 0 aliphatic carbocycles. The number of phenolic OH excluding ortho intramolecular Hbond substituents is 1. The zero-order valence-corrected chi connectivity index (χ0v) is 6.77. The molecule has 2 aromatic carbocycles. The number of aromatic hydroxyl groups is 1. The molecule has 0 amide bonds. The van der Waals surface area contributed by atoms with Gasteiger partial charge in [-0.3, -0.25) is 0 Å². The molecule has 0 bridgehead atoms. The van der Waals surface area contributed by atoms with Gasteiger partial charge >= 0.3 is 0 Å². The molecule has 1 N–H and O–H groups in total. The second kappa shape index (κ2) is 2.86. The summed E-state index contributed by atoms with van der Waals surface area (Å²) in [6.45, 7) is 0. The molecular formula is C10H7NO2. The molecule has 0 radical (unpaired) electrons. The third-order valence-corrected chi connectivity index (χ3v) is 1.94. The molecule has 0 aliphatic rings. The van der Waals surface area contributed by atoms with E-state index in [1.54, 1.807) is 6.07 Å². The average Bonchev–Trinajstić information content (AvgIpc) is 2.17. The van der Waals surface area contributed by atoms with Crippen LogP contribution in [-0.2, 0) is 0 Å². The normalized spacial score (nSPS) is 10.2. The molecule has 0 spiro atoms. The van der Waals surface area contributed by atoms with Crippen molar-refractivity contribution in [1.82, 2.24) is 0 Å². The van der Waals surface area contributed by atoms with E-state index in [1.165, 1.54) is 6.07 Å². The minimum Gasteiger partial charge on any atom is -0.506 e. The largest absolute Gasteiger partial charge is 0.506 e. The number of fused-ring (bicyclic) bond motifs is 1. The van der Waals surface area contributed by atoms with Gasteiger partial charge in [-0.05, 0) is 28.1 Å². The molecular weight excluding hydrogens is 166 g/mol. The number of nitroso groups, excluding NO2 is 1. The van der Waals surface area contributed by atoms with Crippen molar-refractivity contribution in [3.8, 4) is 5.75 Å². The lowest BCUT2D eigenvalue weighted by Gasteiger charge is -1.99. The molecule has 0 aliphatic heterocycles. The summed E-state index contributed by atoms with van der Waals surface area (Å²) in [7, 11) is 0. The Hall–Kier alpha value is -1.90. The molecule has 0 saturated heterocycles. The van der Waals surface area contributed by atoms with Crippen LogP contribution in [0.25, 0.3) is 10.8 Å². The third-order valence-electron chi connectivity index (χ3n) is 1.94. The van der Waals surface area contributed by atoms with Gasteiger partial charge in [-0.15, -0.1) is 4.91 Å². The van der Waals surface area contributed by atoms with Crippen LogP contribution in [0.15, 0.2) is 41.6 Å². The summed E-state index contributed by atoms with van der Waals surface area (Å²) in [5, 5.41) is 13.8. The average molecular weight is 173 g/mol. The predicted molar refractivity (Wildman–Crippen MR) is 51.1 cm³/mol. The highest BCUT2D eigenvalue weighted by Crippen LogP contribution is 2.30. The number of benzene rings is 2. The summed E-state index contributed by atoms with van der Waals surface area (Å²) in [5.41, 5.74) is 0.0821. The minimum atomic E-state index is -0.0753. The Labute approximate surface area is 74.6 Å². The third kappa shape index (κ3) is 1.24. The first-order valence-corrected chi connectivity index (χ1v) is 3.86. The predicted octanol–water partition coefficient (Wildman–Crippen LogP) is 2.94. The maximum Gasteiger partial charge on any atom is 0.150 e. The van der Waals surface area contributed by atoms with Crippen molar-refractivity contribution < 1.29 is 5.11 Å². The molecule has 0 aromatic heterocycles. The fourth-order valence-corrected chi connectivity index (χ4v) is 1.29. The van der Waals surface area contributed by atoms with Gasteiger partial charge in [-0.2, -0.15) is 0 Å². The fraction of sp³-hybridized carbons (Fsp3) is 0. The lowest BCUT2D eigenvalue weighted by atomic mass is 10.1. The highest BCUT2D eigenvalue weighted by atomic mass is 16.3. The van der Waals surface area contributed by atoms with E-state index < -0.39 is 0 Å². The van der Waals surface area contributed by atoms with Gasteiger partial charge in [0.15, 0.2) is 0 Å². The Morgan fingerprint density at radius 2 is 1.69 bits per heavy atom. The van der Waals surface area contributed by atoms with Crippen molar-refractivity contribution in [2.75, 3.05) is 0 Å². The second-order valence-electron chi connectivity index (χ2n) is 2.78. The second-order valence-corrected chi connectivity index (χ2v) is 2.78. The SMILES string of the molecule is O=Nc1cc2ccccc2cc1O. The van der Waals surface area contributed by atoms with Gasteiger partial charge in [0.2, 0.25) is 0 Å². The molecule has 3 heteroatoms. The first kappa shape index (κ1) is 7.73. The van der Waals surface area contributed by atoms with Crippen LogP contribution in [0.4, 0.5) is 5.69 Å². The highest BCUT2D eigenvalue weighted by Gasteiger charge is 2.02. The maximum atomic E-state index is 10.3. The van der Waals surface area contributed by atoms with Crippen molar-refractivity contribution in [1.29, 1.82) is 0 Å². The van der Waals surface area contributed by atoms with E-state index in [-0.39, 0.29) is 11.4 Å². The van der Waals surface area contributed by atoms with Gasteiger partial charge in [0.1, 0.15) is 11.4 Å². The van der Waals surface area contributed by atoms with E-state index in [4.69, 9.17) is 0 Å². The van der Waals surface area contributed by atoms with Gasteiger partial charge in [-0.1, -0.05) is 24.3 Å². The Bertz CT molecular complexity index is 465. The van der Waals surface area contributed by atoms with E-state index in [9.17, 15) is 10.0 Å². The van der Waals surface area contributed by atoms with Crippen LogP contribution in [0.2, 0.25) is 0 Å². The molecule has 0 atom stereocenters.